The third-order valence-corrected chi connectivity index (χ3v) is 11.0. The quantitative estimate of drug-likeness (QED) is 0.128. The Morgan fingerprint density at radius 2 is 1.47 bits per heavy atom. The van der Waals surface area contributed by atoms with Gasteiger partial charge in [0.25, 0.3) is 5.79 Å². The Morgan fingerprint density at radius 3 is 2.20 bits per heavy atom. The van der Waals surface area contributed by atoms with Crippen LogP contribution >= 0.6 is 0 Å². The lowest BCUT2D eigenvalue weighted by Crippen LogP contribution is -2.62. The van der Waals surface area contributed by atoms with Gasteiger partial charge in [0, 0.05) is 53.6 Å². The number of aromatic hydroxyl groups is 5. The zero-order valence-electron chi connectivity index (χ0n) is 27.8. The van der Waals surface area contributed by atoms with E-state index in [0.29, 0.717) is 17.7 Å². The maximum absolute atomic E-state index is 14.6. The predicted octanol–water partition coefficient (Wildman–Crippen LogP) is 6.59. The number of hydrogen-bond acceptors (Lipinski definition) is 11. The van der Waals surface area contributed by atoms with Gasteiger partial charge in [-0.25, -0.2) is 0 Å². The summed E-state index contributed by atoms with van der Waals surface area (Å²) >= 11 is 0. The Morgan fingerprint density at radius 1 is 0.804 bits per heavy atom. The number of Topliss-reactive ketones (excluding diaryl/α,β-unsaturated/α-hetero) is 1. The largest absolute Gasteiger partial charge is 0.508 e. The molecule has 4 aliphatic heterocycles. The fourth-order valence-electron chi connectivity index (χ4n) is 8.82. The number of carbonyl (C=O) groups is 1. The van der Waals surface area contributed by atoms with Crippen molar-refractivity contribution in [2.45, 2.75) is 62.6 Å². The van der Waals surface area contributed by atoms with Gasteiger partial charge < -0.3 is 49.6 Å². The van der Waals surface area contributed by atoms with Crippen molar-refractivity contribution in [2.75, 3.05) is 0 Å². The first-order valence-electron chi connectivity index (χ1n) is 16.7. The van der Waals surface area contributed by atoms with Gasteiger partial charge in [-0.3, -0.25) is 4.79 Å². The topological polar surface area (TPSA) is 175 Å². The van der Waals surface area contributed by atoms with Crippen LogP contribution < -0.4 is 18.9 Å². The molecule has 6 N–H and O–H groups in total. The van der Waals surface area contributed by atoms with Gasteiger partial charge in [-0.05, 0) is 63.1 Å². The number of carbonyl (C=O) groups excluding carboxylic acids is 1. The van der Waals surface area contributed by atoms with E-state index < -0.39 is 40.5 Å². The van der Waals surface area contributed by atoms with Crippen molar-refractivity contribution in [3.05, 3.63) is 112 Å². The van der Waals surface area contributed by atoms with Crippen molar-refractivity contribution in [1.29, 1.82) is 0 Å². The van der Waals surface area contributed by atoms with Gasteiger partial charge in [-0.2, -0.15) is 0 Å². The van der Waals surface area contributed by atoms with Crippen LogP contribution in [0.2, 0.25) is 0 Å². The average molecular weight is 691 g/mol. The second-order valence-corrected chi connectivity index (χ2v) is 14.4. The van der Waals surface area contributed by atoms with Crippen molar-refractivity contribution in [2.24, 2.45) is 5.92 Å². The molecular weight excluding hydrogens is 656 g/mol. The standard InChI is InChI=1S/C40H34O11/c1-18(2)10-11-38-27-9-6-22(43)16-30(27)51-40(38,47)37(46)34-32(48-38)17-31-33(36(34)45)25-13-19(3)12-24-23-7-4-21(42)15-29(23)49-39(50-31,35(24)25)26-8-5-20(41)14-28(26)44/h4-10,13-17,24-25,35,41-45,47H,11-12H2,1-3H3/t24-,25-,35-,38+,39+,40+/m1/s1. The van der Waals surface area contributed by atoms with E-state index >= 15 is 0 Å². The van der Waals surface area contributed by atoms with E-state index in [1.54, 1.807) is 18.2 Å². The molecule has 0 radical (unpaired) electrons. The minimum Gasteiger partial charge on any atom is -0.508 e. The Bertz CT molecular complexity index is 2290. The molecule has 11 heteroatoms. The molecular formula is C40H34O11. The van der Waals surface area contributed by atoms with Crippen molar-refractivity contribution in [3.63, 3.8) is 0 Å². The van der Waals surface area contributed by atoms with E-state index in [1.807, 2.05) is 26.8 Å². The first kappa shape index (κ1) is 31.2. The molecule has 9 rings (SSSR count). The van der Waals surface area contributed by atoms with Crippen molar-refractivity contribution >= 4 is 5.78 Å². The van der Waals surface area contributed by atoms with Gasteiger partial charge in [-0.1, -0.05) is 29.4 Å². The fourth-order valence-corrected chi connectivity index (χ4v) is 8.82. The number of ketones is 1. The summed E-state index contributed by atoms with van der Waals surface area (Å²) in [5, 5.41) is 66.8. The normalized spacial score (nSPS) is 28.8. The number of phenolic OH excluding ortho intramolecular Hbond substituents is 5. The highest BCUT2D eigenvalue weighted by Crippen LogP contribution is 2.67. The number of phenols is 5. The lowest BCUT2D eigenvalue weighted by Gasteiger charge is -2.55. The van der Waals surface area contributed by atoms with Gasteiger partial charge >= 0.3 is 5.79 Å². The molecule has 51 heavy (non-hydrogen) atoms. The molecule has 11 nitrogen and oxygen atoms in total. The Hall–Kier alpha value is -5.81. The number of fused-ring (bicyclic) bond motifs is 8. The van der Waals surface area contributed by atoms with Crippen molar-refractivity contribution in [3.8, 4) is 51.7 Å². The Kier molecular flexibility index (Phi) is 6.20. The van der Waals surface area contributed by atoms with Gasteiger partial charge in [0.1, 0.15) is 57.3 Å². The molecule has 4 aromatic carbocycles. The summed E-state index contributed by atoms with van der Waals surface area (Å²) in [4.78, 5) is 14.6. The molecule has 6 atom stereocenters. The highest BCUT2D eigenvalue weighted by atomic mass is 16.7. The average Bonchev–Trinajstić information content (AvgIpc) is 3.30. The summed E-state index contributed by atoms with van der Waals surface area (Å²) in [5.41, 5.74) is 1.32. The first-order chi connectivity index (χ1) is 24.3. The maximum Gasteiger partial charge on any atom is 0.318 e. The Balaban J connectivity index is 1.30. The third kappa shape index (κ3) is 4.00. The molecule has 0 fully saturated rings. The van der Waals surface area contributed by atoms with Crippen LogP contribution in [-0.2, 0) is 11.4 Å². The van der Waals surface area contributed by atoms with Gasteiger partial charge in [0.15, 0.2) is 0 Å². The second-order valence-electron chi connectivity index (χ2n) is 14.4. The van der Waals surface area contributed by atoms with E-state index in [9.17, 15) is 35.4 Å². The van der Waals surface area contributed by atoms with E-state index in [-0.39, 0.29) is 69.3 Å². The zero-order chi connectivity index (χ0) is 35.8. The number of aliphatic hydroxyl groups is 1. The molecule has 0 aromatic heterocycles. The molecule has 1 aliphatic carbocycles. The van der Waals surface area contributed by atoms with Crippen LogP contribution in [0, 0.1) is 5.92 Å². The maximum atomic E-state index is 14.6. The number of rotatable bonds is 3. The van der Waals surface area contributed by atoms with Crippen LogP contribution in [0.25, 0.3) is 0 Å². The molecule has 0 saturated carbocycles. The lowest BCUT2D eigenvalue weighted by molar-refractivity contribution is -0.204. The van der Waals surface area contributed by atoms with Crippen LogP contribution in [-0.4, -0.2) is 42.2 Å². The van der Waals surface area contributed by atoms with Crippen LogP contribution in [0.5, 0.6) is 51.7 Å². The van der Waals surface area contributed by atoms with Gasteiger partial charge in [0.05, 0.1) is 11.5 Å². The SMILES string of the molecule is CC(C)=CC[C@@]12Oc3cc4c(c(O)c3C(=O)[C@]1(O)Oc1cc(O)ccc12)[C@H]1C=C(C)C[C@@H]2c3ccc(O)cc3O[C@@](c3ccc(O)cc3O)(O4)[C@@H]12. The predicted molar refractivity (Wildman–Crippen MR) is 181 cm³/mol. The number of hydrogen-bond donors (Lipinski definition) is 6. The Labute approximate surface area is 291 Å². The minimum atomic E-state index is -2.61. The molecule has 5 aliphatic rings. The monoisotopic (exact) mass is 690 g/mol. The molecule has 4 aromatic rings. The van der Waals surface area contributed by atoms with E-state index in [4.69, 9.17) is 18.9 Å². The van der Waals surface area contributed by atoms with Gasteiger partial charge in [0.2, 0.25) is 11.4 Å². The van der Waals surface area contributed by atoms with E-state index in [1.165, 1.54) is 48.5 Å². The summed E-state index contributed by atoms with van der Waals surface area (Å²) in [5.74, 6) is -7.62. The molecule has 4 heterocycles. The number of benzene rings is 4. The van der Waals surface area contributed by atoms with Crippen LogP contribution in [0.4, 0.5) is 0 Å². The number of allylic oxidation sites excluding steroid dienone is 3. The van der Waals surface area contributed by atoms with Gasteiger partial charge in [-0.15, -0.1) is 0 Å². The molecule has 0 bridgehead atoms. The van der Waals surface area contributed by atoms with Crippen LogP contribution in [0.1, 0.15) is 78.1 Å². The molecule has 0 spiro atoms. The first-order valence-corrected chi connectivity index (χ1v) is 16.7. The fraction of sp³-hybridized carbons (Fsp3) is 0.275. The summed E-state index contributed by atoms with van der Waals surface area (Å²) in [6.45, 7) is 5.69. The lowest BCUT2D eigenvalue weighted by atomic mass is 9.60. The summed E-state index contributed by atoms with van der Waals surface area (Å²) in [7, 11) is 0. The van der Waals surface area contributed by atoms with E-state index in [0.717, 1.165) is 16.7 Å². The summed E-state index contributed by atoms with van der Waals surface area (Å²) in [6.07, 6.45) is 4.33. The van der Waals surface area contributed by atoms with Crippen LogP contribution in [0.15, 0.2) is 84.0 Å². The second kappa shape index (κ2) is 10.1. The minimum absolute atomic E-state index is 0.00346. The molecule has 0 saturated heterocycles. The van der Waals surface area contributed by atoms with Crippen molar-refractivity contribution < 1.29 is 54.4 Å². The molecule has 0 amide bonds. The zero-order valence-corrected chi connectivity index (χ0v) is 27.8. The number of ether oxygens (including phenoxy) is 4. The molecule has 260 valence electrons. The van der Waals surface area contributed by atoms with Crippen molar-refractivity contribution in [1.82, 2.24) is 0 Å². The third-order valence-electron chi connectivity index (χ3n) is 11.0. The molecule has 0 unspecified atom stereocenters. The van der Waals surface area contributed by atoms with E-state index in [2.05, 4.69) is 0 Å². The highest BCUT2D eigenvalue weighted by Gasteiger charge is 2.70. The highest BCUT2D eigenvalue weighted by molar-refractivity contribution is 6.09. The van der Waals surface area contributed by atoms with Crippen LogP contribution in [0.3, 0.4) is 0 Å². The summed E-state index contributed by atoms with van der Waals surface area (Å²) < 4.78 is 26.2. The smallest absolute Gasteiger partial charge is 0.318 e. The summed E-state index contributed by atoms with van der Waals surface area (Å²) in [6, 6.07) is 14.7.